The zero-order chi connectivity index (χ0) is 13.3. The lowest BCUT2D eigenvalue weighted by molar-refractivity contribution is 0.163. The molecule has 2 N–H and O–H groups in total. The minimum absolute atomic E-state index is 0.306. The van der Waals surface area contributed by atoms with Crippen molar-refractivity contribution in [1.29, 1.82) is 0 Å². The largest absolute Gasteiger partial charge is 0.330 e. The molecule has 1 aliphatic carbocycles. The molecule has 0 bridgehead atoms. The minimum Gasteiger partial charge on any atom is -0.330 e. The summed E-state index contributed by atoms with van der Waals surface area (Å²) >= 11 is 1.84. The van der Waals surface area contributed by atoms with Crippen molar-refractivity contribution in [3.05, 3.63) is 29.3 Å². The quantitative estimate of drug-likeness (QED) is 0.919. The number of aromatic nitrogens is 1. The molecule has 1 aromatic carbocycles. The highest BCUT2D eigenvalue weighted by molar-refractivity contribution is 7.18. The van der Waals surface area contributed by atoms with Crippen molar-refractivity contribution < 1.29 is 0 Å². The van der Waals surface area contributed by atoms with Gasteiger partial charge >= 0.3 is 0 Å². The number of para-hydroxylation sites is 1. The summed E-state index contributed by atoms with van der Waals surface area (Å²) in [7, 11) is 0. The lowest BCUT2D eigenvalue weighted by Gasteiger charge is -2.38. The van der Waals surface area contributed by atoms with Gasteiger partial charge in [0.15, 0.2) is 0 Å². The second-order valence-electron chi connectivity index (χ2n) is 6.14. The second kappa shape index (κ2) is 5.22. The summed E-state index contributed by atoms with van der Waals surface area (Å²) in [6.45, 7) is 3.16. The SMILES string of the molecule is CC1CCC(CN)(Cc2nc3ccccc3s2)CC1. The lowest BCUT2D eigenvalue weighted by Crippen LogP contribution is -2.36. The fraction of sp³-hybridized carbons (Fsp3) is 0.562. The van der Waals surface area contributed by atoms with Crippen LogP contribution in [0.3, 0.4) is 0 Å². The summed E-state index contributed by atoms with van der Waals surface area (Å²) in [4.78, 5) is 4.78. The van der Waals surface area contributed by atoms with Gasteiger partial charge in [0, 0.05) is 6.42 Å². The highest BCUT2D eigenvalue weighted by atomic mass is 32.1. The number of benzene rings is 1. The number of rotatable bonds is 3. The molecule has 2 aromatic rings. The van der Waals surface area contributed by atoms with Crippen molar-refractivity contribution in [1.82, 2.24) is 4.98 Å². The molecule has 3 heteroatoms. The van der Waals surface area contributed by atoms with Gasteiger partial charge in [-0.2, -0.15) is 0 Å². The maximum atomic E-state index is 6.10. The van der Waals surface area contributed by atoms with Crippen LogP contribution in [0.2, 0.25) is 0 Å². The maximum absolute atomic E-state index is 6.10. The van der Waals surface area contributed by atoms with Gasteiger partial charge in [-0.25, -0.2) is 4.98 Å². The second-order valence-corrected chi connectivity index (χ2v) is 7.25. The molecular formula is C16H22N2S. The van der Waals surface area contributed by atoms with Gasteiger partial charge in [-0.15, -0.1) is 11.3 Å². The van der Waals surface area contributed by atoms with Crippen LogP contribution in [0.1, 0.15) is 37.6 Å². The minimum atomic E-state index is 0.306. The van der Waals surface area contributed by atoms with Gasteiger partial charge in [-0.1, -0.05) is 31.9 Å². The van der Waals surface area contributed by atoms with Crippen LogP contribution >= 0.6 is 11.3 Å². The lowest BCUT2D eigenvalue weighted by atomic mass is 9.69. The van der Waals surface area contributed by atoms with Crippen LogP contribution < -0.4 is 5.73 Å². The zero-order valence-electron chi connectivity index (χ0n) is 11.6. The molecule has 102 valence electrons. The molecule has 0 amide bonds. The van der Waals surface area contributed by atoms with E-state index in [1.165, 1.54) is 35.4 Å². The van der Waals surface area contributed by atoms with E-state index in [1.807, 2.05) is 11.3 Å². The first-order chi connectivity index (χ1) is 9.21. The number of thiazole rings is 1. The topological polar surface area (TPSA) is 38.9 Å². The molecule has 0 spiro atoms. The van der Waals surface area contributed by atoms with E-state index in [-0.39, 0.29) is 0 Å². The first-order valence-corrected chi connectivity index (χ1v) is 8.07. The van der Waals surface area contributed by atoms with E-state index in [2.05, 4.69) is 31.2 Å². The van der Waals surface area contributed by atoms with E-state index < -0.39 is 0 Å². The average molecular weight is 274 g/mol. The van der Waals surface area contributed by atoms with Crippen LogP contribution in [0.5, 0.6) is 0 Å². The highest BCUT2D eigenvalue weighted by Gasteiger charge is 2.33. The Kier molecular flexibility index (Phi) is 3.59. The van der Waals surface area contributed by atoms with Gasteiger partial charge in [-0.05, 0) is 42.9 Å². The smallest absolute Gasteiger partial charge is 0.0944 e. The predicted octanol–water partition coefficient (Wildman–Crippen LogP) is 3.99. The Hall–Kier alpha value is -0.930. The Morgan fingerprint density at radius 2 is 2.05 bits per heavy atom. The predicted molar refractivity (Wildman–Crippen MR) is 82.4 cm³/mol. The Morgan fingerprint density at radius 3 is 2.74 bits per heavy atom. The standard InChI is InChI=1S/C16H22N2S/c1-12-6-8-16(11-17,9-7-12)10-15-18-13-4-2-3-5-14(13)19-15/h2-5,12H,6-11,17H2,1H3. The first kappa shape index (κ1) is 13.1. The molecule has 1 saturated carbocycles. The molecule has 1 fully saturated rings. The average Bonchev–Trinajstić information content (AvgIpc) is 2.83. The molecule has 0 aliphatic heterocycles. The summed E-state index contributed by atoms with van der Waals surface area (Å²) in [6, 6.07) is 8.42. The third-order valence-electron chi connectivity index (χ3n) is 4.63. The van der Waals surface area contributed by atoms with E-state index in [4.69, 9.17) is 10.7 Å². The molecule has 3 rings (SSSR count). The van der Waals surface area contributed by atoms with Gasteiger partial charge in [-0.3, -0.25) is 0 Å². The number of nitrogens with two attached hydrogens (primary N) is 1. The van der Waals surface area contributed by atoms with Crippen LogP contribution in [-0.4, -0.2) is 11.5 Å². The van der Waals surface area contributed by atoms with Gasteiger partial charge < -0.3 is 5.73 Å². The van der Waals surface area contributed by atoms with Crippen molar-refractivity contribution >= 4 is 21.6 Å². The zero-order valence-corrected chi connectivity index (χ0v) is 12.4. The van der Waals surface area contributed by atoms with Crippen molar-refractivity contribution in [3.63, 3.8) is 0 Å². The Morgan fingerprint density at radius 1 is 1.32 bits per heavy atom. The first-order valence-electron chi connectivity index (χ1n) is 7.25. The molecule has 0 atom stereocenters. The van der Waals surface area contributed by atoms with Gasteiger partial charge in [0.25, 0.3) is 0 Å². The third kappa shape index (κ3) is 2.67. The van der Waals surface area contributed by atoms with E-state index in [9.17, 15) is 0 Å². The van der Waals surface area contributed by atoms with Crippen molar-refractivity contribution in [2.24, 2.45) is 17.1 Å². The Labute approximate surface area is 119 Å². The molecule has 1 heterocycles. The van der Waals surface area contributed by atoms with Crippen LogP contribution in [0.4, 0.5) is 0 Å². The molecule has 19 heavy (non-hydrogen) atoms. The molecule has 0 saturated heterocycles. The number of nitrogens with zero attached hydrogens (tertiary/aromatic N) is 1. The van der Waals surface area contributed by atoms with Gasteiger partial charge in [0.2, 0.25) is 0 Å². The number of hydrogen-bond acceptors (Lipinski definition) is 3. The summed E-state index contributed by atoms with van der Waals surface area (Å²) in [6.07, 6.45) is 6.24. The monoisotopic (exact) mass is 274 g/mol. The molecular weight excluding hydrogens is 252 g/mol. The van der Waals surface area contributed by atoms with Gasteiger partial charge in [0.05, 0.1) is 15.2 Å². The van der Waals surface area contributed by atoms with E-state index in [0.717, 1.165) is 24.4 Å². The highest BCUT2D eigenvalue weighted by Crippen LogP contribution is 2.41. The van der Waals surface area contributed by atoms with E-state index in [0.29, 0.717) is 5.41 Å². The normalized spacial score (nSPS) is 27.8. The van der Waals surface area contributed by atoms with E-state index in [1.54, 1.807) is 0 Å². The molecule has 2 nitrogen and oxygen atoms in total. The summed E-state index contributed by atoms with van der Waals surface area (Å²) in [5.74, 6) is 0.870. The molecule has 1 aliphatic rings. The summed E-state index contributed by atoms with van der Waals surface area (Å²) in [5.41, 5.74) is 7.55. The Balaban J connectivity index is 1.82. The molecule has 1 aromatic heterocycles. The summed E-state index contributed by atoms with van der Waals surface area (Å²) < 4.78 is 1.30. The fourth-order valence-electron chi connectivity index (χ4n) is 3.14. The van der Waals surface area contributed by atoms with Crippen molar-refractivity contribution in [3.8, 4) is 0 Å². The summed E-state index contributed by atoms with van der Waals surface area (Å²) in [5, 5.41) is 1.27. The van der Waals surface area contributed by atoms with Crippen LogP contribution in [-0.2, 0) is 6.42 Å². The molecule has 0 unspecified atom stereocenters. The third-order valence-corrected chi connectivity index (χ3v) is 5.67. The van der Waals surface area contributed by atoms with Gasteiger partial charge in [0.1, 0.15) is 0 Å². The van der Waals surface area contributed by atoms with Crippen LogP contribution in [0.15, 0.2) is 24.3 Å². The van der Waals surface area contributed by atoms with Crippen molar-refractivity contribution in [2.75, 3.05) is 6.54 Å². The Bertz CT molecular complexity index is 520. The van der Waals surface area contributed by atoms with E-state index >= 15 is 0 Å². The number of fused-ring (bicyclic) bond motifs is 1. The number of hydrogen-bond donors (Lipinski definition) is 1. The fourth-order valence-corrected chi connectivity index (χ4v) is 4.28. The maximum Gasteiger partial charge on any atom is 0.0944 e. The molecule has 0 radical (unpaired) electrons. The van der Waals surface area contributed by atoms with Crippen LogP contribution in [0.25, 0.3) is 10.2 Å². The van der Waals surface area contributed by atoms with Crippen LogP contribution in [0, 0.1) is 11.3 Å². The van der Waals surface area contributed by atoms with Crippen molar-refractivity contribution in [2.45, 2.75) is 39.0 Å².